The molecule has 2 amide bonds. The summed E-state index contributed by atoms with van der Waals surface area (Å²) in [5.74, 6) is -0.715. The molecular weight excluding hydrogens is 435 g/mol. The molecule has 0 N–H and O–H groups in total. The van der Waals surface area contributed by atoms with Gasteiger partial charge in [0.2, 0.25) is 5.91 Å². The average Bonchev–Trinajstić information content (AvgIpc) is 3.31. The van der Waals surface area contributed by atoms with Crippen molar-refractivity contribution in [2.75, 3.05) is 13.1 Å². The van der Waals surface area contributed by atoms with Gasteiger partial charge < -0.3 is 9.80 Å². The second-order valence-corrected chi connectivity index (χ2v) is 9.59. The van der Waals surface area contributed by atoms with Gasteiger partial charge in [0, 0.05) is 23.0 Å². The molecule has 3 aromatic rings. The molecule has 1 aliphatic heterocycles. The molecular formula is C27H29FN2O2S. The van der Waals surface area contributed by atoms with Crippen LogP contribution < -0.4 is 0 Å². The van der Waals surface area contributed by atoms with E-state index in [1.165, 1.54) is 34.7 Å². The lowest BCUT2D eigenvalue weighted by Crippen LogP contribution is -2.49. The lowest BCUT2D eigenvalue weighted by molar-refractivity contribution is -0.134. The minimum Gasteiger partial charge on any atom is -0.330 e. The highest BCUT2D eigenvalue weighted by atomic mass is 32.1. The van der Waals surface area contributed by atoms with E-state index in [4.69, 9.17) is 0 Å². The summed E-state index contributed by atoms with van der Waals surface area (Å²) in [6, 6.07) is 15.5. The van der Waals surface area contributed by atoms with Gasteiger partial charge in [-0.2, -0.15) is 0 Å². The molecule has 4 nitrogen and oxygen atoms in total. The minimum atomic E-state index is -0.390. The van der Waals surface area contributed by atoms with Crippen LogP contribution in [0.5, 0.6) is 0 Å². The normalized spacial score (nSPS) is 16.2. The number of fused-ring (bicyclic) bond motifs is 1. The molecule has 0 spiro atoms. The maximum absolute atomic E-state index is 13.7. The molecule has 2 unspecified atom stereocenters. The monoisotopic (exact) mass is 464 g/mol. The number of rotatable bonds is 6. The fraction of sp³-hybridized carbons (Fsp3) is 0.333. The Morgan fingerprint density at radius 3 is 2.55 bits per heavy atom. The predicted molar refractivity (Wildman–Crippen MR) is 130 cm³/mol. The van der Waals surface area contributed by atoms with E-state index in [0.29, 0.717) is 12.1 Å². The van der Waals surface area contributed by atoms with Crippen molar-refractivity contribution in [3.63, 3.8) is 0 Å². The van der Waals surface area contributed by atoms with Crippen molar-refractivity contribution in [2.45, 2.75) is 45.7 Å². The Hall–Kier alpha value is -2.99. The number of amides is 2. The Kier molecular flexibility index (Phi) is 6.94. The number of carbonyl (C=O) groups excluding carboxylic acids is 2. The first-order valence-electron chi connectivity index (χ1n) is 11.4. The molecule has 0 fully saturated rings. The van der Waals surface area contributed by atoms with Gasteiger partial charge in [-0.15, -0.1) is 11.3 Å². The molecule has 0 radical (unpaired) electrons. The van der Waals surface area contributed by atoms with E-state index in [1.54, 1.807) is 16.2 Å². The summed E-state index contributed by atoms with van der Waals surface area (Å²) in [5, 5.41) is 2.09. The number of benzene rings is 2. The topological polar surface area (TPSA) is 40.6 Å². The van der Waals surface area contributed by atoms with Crippen LogP contribution in [0.2, 0.25) is 0 Å². The van der Waals surface area contributed by atoms with Crippen molar-refractivity contribution in [1.82, 2.24) is 9.80 Å². The van der Waals surface area contributed by atoms with Crippen LogP contribution in [0.3, 0.4) is 0 Å². The van der Waals surface area contributed by atoms with E-state index in [1.807, 2.05) is 30.9 Å². The van der Waals surface area contributed by atoms with Crippen molar-refractivity contribution in [2.24, 2.45) is 0 Å². The van der Waals surface area contributed by atoms with Crippen LogP contribution in [0, 0.1) is 12.7 Å². The second kappa shape index (κ2) is 9.87. The standard InChI is InChI=1S/C27H29FN2O2S/c1-4-19(3)30(27(32)20-9-11-21(28)12-10-20)17-25(31)29-15-13-24-23(14-16-33-24)26(29)22-8-6-5-7-18(22)2/h5-12,14,16,19,26H,4,13,15,17H2,1-3H3. The van der Waals surface area contributed by atoms with Gasteiger partial charge in [0.15, 0.2) is 0 Å². The number of hydrogen-bond acceptors (Lipinski definition) is 3. The summed E-state index contributed by atoms with van der Waals surface area (Å²) in [6.07, 6.45) is 1.53. The van der Waals surface area contributed by atoms with Crippen LogP contribution in [0.15, 0.2) is 60.0 Å². The fourth-order valence-corrected chi connectivity index (χ4v) is 5.36. The van der Waals surface area contributed by atoms with E-state index in [-0.39, 0.29) is 30.4 Å². The van der Waals surface area contributed by atoms with Gasteiger partial charge in [-0.05, 0) is 79.1 Å². The molecule has 0 aliphatic carbocycles. The van der Waals surface area contributed by atoms with Gasteiger partial charge in [-0.1, -0.05) is 31.2 Å². The van der Waals surface area contributed by atoms with Gasteiger partial charge in [0.05, 0.1) is 6.04 Å². The first kappa shape index (κ1) is 23.2. The summed E-state index contributed by atoms with van der Waals surface area (Å²) < 4.78 is 13.4. The van der Waals surface area contributed by atoms with E-state index in [2.05, 4.69) is 30.5 Å². The lowest BCUT2D eigenvalue weighted by Gasteiger charge is -2.39. The summed E-state index contributed by atoms with van der Waals surface area (Å²) in [5.41, 5.74) is 3.82. The third-order valence-electron chi connectivity index (χ3n) is 6.55. The highest BCUT2D eigenvalue weighted by molar-refractivity contribution is 7.10. The van der Waals surface area contributed by atoms with Crippen LogP contribution in [0.25, 0.3) is 0 Å². The van der Waals surface area contributed by atoms with Crippen LogP contribution in [0.1, 0.15) is 58.2 Å². The summed E-state index contributed by atoms with van der Waals surface area (Å²) in [6.45, 7) is 6.62. The second-order valence-electron chi connectivity index (χ2n) is 8.59. The molecule has 2 heterocycles. The Labute approximate surface area is 198 Å². The number of halogens is 1. The largest absolute Gasteiger partial charge is 0.330 e. The van der Waals surface area contributed by atoms with Crippen LogP contribution in [0.4, 0.5) is 4.39 Å². The molecule has 4 rings (SSSR count). The zero-order valence-corrected chi connectivity index (χ0v) is 20.1. The van der Waals surface area contributed by atoms with Gasteiger partial charge >= 0.3 is 0 Å². The molecule has 172 valence electrons. The Morgan fingerprint density at radius 1 is 1.12 bits per heavy atom. The van der Waals surface area contributed by atoms with E-state index in [0.717, 1.165) is 24.0 Å². The van der Waals surface area contributed by atoms with Crippen molar-refractivity contribution < 1.29 is 14.0 Å². The first-order valence-corrected chi connectivity index (χ1v) is 12.3. The van der Waals surface area contributed by atoms with Crippen LogP contribution >= 0.6 is 11.3 Å². The number of hydrogen-bond donors (Lipinski definition) is 0. The van der Waals surface area contributed by atoms with Crippen LogP contribution in [-0.2, 0) is 11.2 Å². The summed E-state index contributed by atoms with van der Waals surface area (Å²) >= 11 is 1.74. The average molecular weight is 465 g/mol. The third kappa shape index (κ3) is 4.71. The van der Waals surface area contributed by atoms with Gasteiger partial charge in [0.25, 0.3) is 5.91 Å². The summed E-state index contributed by atoms with van der Waals surface area (Å²) in [4.78, 5) is 31.8. The third-order valence-corrected chi connectivity index (χ3v) is 7.55. The molecule has 0 saturated carbocycles. The van der Waals surface area contributed by atoms with Gasteiger partial charge in [-0.25, -0.2) is 4.39 Å². The molecule has 0 saturated heterocycles. The van der Waals surface area contributed by atoms with E-state index >= 15 is 0 Å². The molecule has 2 atom stereocenters. The highest BCUT2D eigenvalue weighted by Gasteiger charge is 2.35. The zero-order chi connectivity index (χ0) is 23.5. The van der Waals surface area contributed by atoms with Crippen molar-refractivity contribution in [3.8, 4) is 0 Å². The van der Waals surface area contributed by atoms with Crippen molar-refractivity contribution >= 4 is 23.2 Å². The fourth-order valence-electron chi connectivity index (χ4n) is 4.46. The number of aryl methyl sites for hydroxylation is 1. The first-order chi connectivity index (χ1) is 15.9. The predicted octanol–water partition coefficient (Wildman–Crippen LogP) is 5.61. The van der Waals surface area contributed by atoms with E-state index in [9.17, 15) is 14.0 Å². The van der Waals surface area contributed by atoms with Gasteiger partial charge in [-0.3, -0.25) is 9.59 Å². The van der Waals surface area contributed by atoms with Gasteiger partial charge in [0.1, 0.15) is 12.4 Å². The van der Waals surface area contributed by atoms with Crippen molar-refractivity contribution in [3.05, 3.63) is 92.9 Å². The number of nitrogens with zero attached hydrogens (tertiary/aromatic N) is 2. The highest BCUT2D eigenvalue weighted by Crippen LogP contribution is 2.39. The molecule has 1 aliphatic rings. The minimum absolute atomic E-state index is 0.00688. The van der Waals surface area contributed by atoms with Crippen molar-refractivity contribution in [1.29, 1.82) is 0 Å². The SMILES string of the molecule is CCC(C)N(CC(=O)N1CCc2sccc2C1c1ccccc1C)C(=O)c1ccc(F)cc1. The maximum atomic E-state index is 13.7. The smallest absolute Gasteiger partial charge is 0.254 e. The number of thiophene rings is 1. The Balaban J connectivity index is 1.65. The van der Waals surface area contributed by atoms with Crippen LogP contribution in [-0.4, -0.2) is 40.7 Å². The Morgan fingerprint density at radius 2 is 1.85 bits per heavy atom. The molecule has 2 aromatic carbocycles. The number of carbonyl (C=O) groups is 2. The summed E-state index contributed by atoms with van der Waals surface area (Å²) in [7, 11) is 0. The maximum Gasteiger partial charge on any atom is 0.254 e. The quantitative estimate of drug-likeness (QED) is 0.476. The lowest BCUT2D eigenvalue weighted by atomic mass is 9.90. The molecule has 33 heavy (non-hydrogen) atoms. The molecule has 6 heteroatoms. The molecule has 0 bridgehead atoms. The molecule has 1 aromatic heterocycles. The zero-order valence-electron chi connectivity index (χ0n) is 19.3. The Bertz CT molecular complexity index is 1140. The van der Waals surface area contributed by atoms with E-state index < -0.39 is 5.82 Å².